The summed E-state index contributed by atoms with van der Waals surface area (Å²) in [4.78, 5) is 9.92. The molecule has 3 aromatic carbocycles. The predicted octanol–water partition coefficient (Wildman–Crippen LogP) is 6.40. The van der Waals surface area contributed by atoms with Crippen LogP contribution in [-0.4, -0.2) is 9.97 Å². The molecule has 0 atom stereocenters. The van der Waals surface area contributed by atoms with Crippen LogP contribution in [0.25, 0.3) is 33.9 Å². The lowest BCUT2D eigenvalue weighted by Gasteiger charge is -2.14. The van der Waals surface area contributed by atoms with Crippen LogP contribution in [0.2, 0.25) is 0 Å². The van der Waals surface area contributed by atoms with Gasteiger partial charge < -0.3 is 0 Å². The second-order valence-electron chi connectivity index (χ2n) is 6.97. The van der Waals surface area contributed by atoms with Crippen molar-refractivity contribution in [3.63, 3.8) is 0 Å². The van der Waals surface area contributed by atoms with E-state index in [2.05, 4.69) is 93.6 Å². The molecule has 27 heavy (non-hydrogen) atoms. The van der Waals surface area contributed by atoms with E-state index >= 15 is 0 Å². The minimum atomic E-state index is 0.764. The maximum Gasteiger partial charge on any atom is 0.160 e. The highest BCUT2D eigenvalue weighted by molar-refractivity contribution is 5.76. The fourth-order valence-corrected chi connectivity index (χ4v) is 3.38. The third-order valence-corrected chi connectivity index (χ3v) is 4.76. The summed E-state index contributed by atoms with van der Waals surface area (Å²) >= 11 is 0. The minimum Gasteiger partial charge on any atom is -0.228 e. The van der Waals surface area contributed by atoms with Crippen LogP contribution in [-0.2, 0) is 0 Å². The van der Waals surface area contributed by atoms with Gasteiger partial charge in [0.15, 0.2) is 5.82 Å². The Labute approximate surface area is 160 Å². The standard InChI is InChI=1S/C25H22N2/c1-17-9-7-13-21(15-17)24-19(3)23(20-11-5-4-6-12-20)26-25(27-24)22-14-8-10-18(2)16-22/h4-16H,1-3H3. The van der Waals surface area contributed by atoms with Crippen molar-refractivity contribution in [1.82, 2.24) is 9.97 Å². The van der Waals surface area contributed by atoms with E-state index in [0.717, 1.165) is 39.5 Å². The average molecular weight is 350 g/mol. The molecule has 4 aromatic rings. The summed E-state index contributed by atoms with van der Waals surface area (Å²) in [6.07, 6.45) is 0. The Kier molecular flexibility index (Phi) is 4.55. The normalized spacial score (nSPS) is 10.8. The third-order valence-electron chi connectivity index (χ3n) is 4.76. The van der Waals surface area contributed by atoms with Crippen molar-refractivity contribution in [1.29, 1.82) is 0 Å². The summed E-state index contributed by atoms with van der Waals surface area (Å²) in [5.41, 5.74) is 8.78. The van der Waals surface area contributed by atoms with E-state index < -0.39 is 0 Å². The summed E-state index contributed by atoms with van der Waals surface area (Å²) in [5, 5.41) is 0. The largest absolute Gasteiger partial charge is 0.228 e. The molecule has 0 amide bonds. The van der Waals surface area contributed by atoms with Gasteiger partial charge in [-0.2, -0.15) is 0 Å². The first-order valence-electron chi connectivity index (χ1n) is 9.20. The van der Waals surface area contributed by atoms with Gasteiger partial charge in [-0.1, -0.05) is 77.9 Å². The van der Waals surface area contributed by atoms with Gasteiger partial charge in [0.05, 0.1) is 11.4 Å². The molecule has 0 unspecified atom stereocenters. The maximum absolute atomic E-state index is 4.97. The van der Waals surface area contributed by atoms with E-state index in [1.165, 1.54) is 11.1 Å². The summed E-state index contributed by atoms with van der Waals surface area (Å²) in [6.45, 7) is 6.32. The van der Waals surface area contributed by atoms with Gasteiger partial charge in [0, 0.05) is 22.3 Å². The molecule has 0 saturated heterocycles. The lowest BCUT2D eigenvalue weighted by molar-refractivity contribution is 1.14. The van der Waals surface area contributed by atoms with Crippen LogP contribution in [0.4, 0.5) is 0 Å². The first-order chi connectivity index (χ1) is 13.1. The van der Waals surface area contributed by atoms with Crippen molar-refractivity contribution in [3.05, 3.63) is 95.6 Å². The van der Waals surface area contributed by atoms with Crippen LogP contribution in [0.15, 0.2) is 78.9 Å². The molecule has 2 heteroatoms. The van der Waals surface area contributed by atoms with Gasteiger partial charge in [0.1, 0.15) is 0 Å². The van der Waals surface area contributed by atoms with Crippen molar-refractivity contribution in [2.24, 2.45) is 0 Å². The molecule has 0 aliphatic carbocycles. The Morgan fingerprint density at radius 2 is 1.04 bits per heavy atom. The monoisotopic (exact) mass is 350 g/mol. The van der Waals surface area contributed by atoms with Crippen molar-refractivity contribution >= 4 is 0 Å². The van der Waals surface area contributed by atoms with Crippen LogP contribution in [0.3, 0.4) is 0 Å². The van der Waals surface area contributed by atoms with E-state index in [9.17, 15) is 0 Å². The molecule has 0 aliphatic heterocycles. The van der Waals surface area contributed by atoms with E-state index in [0.29, 0.717) is 0 Å². The zero-order valence-corrected chi connectivity index (χ0v) is 15.9. The van der Waals surface area contributed by atoms with Gasteiger partial charge in [0.25, 0.3) is 0 Å². The van der Waals surface area contributed by atoms with E-state index in [4.69, 9.17) is 9.97 Å². The van der Waals surface area contributed by atoms with Gasteiger partial charge in [0.2, 0.25) is 0 Å². The van der Waals surface area contributed by atoms with Gasteiger partial charge in [-0.15, -0.1) is 0 Å². The maximum atomic E-state index is 4.97. The van der Waals surface area contributed by atoms with Crippen LogP contribution < -0.4 is 0 Å². The van der Waals surface area contributed by atoms with Crippen LogP contribution in [0.5, 0.6) is 0 Å². The van der Waals surface area contributed by atoms with Crippen molar-refractivity contribution in [3.8, 4) is 33.9 Å². The van der Waals surface area contributed by atoms with Crippen molar-refractivity contribution in [2.75, 3.05) is 0 Å². The fraction of sp³-hybridized carbons (Fsp3) is 0.120. The zero-order chi connectivity index (χ0) is 18.8. The highest BCUT2D eigenvalue weighted by Gasteiger charge is 2.15. The molecule has 0 radical (unpaired) electrons. The van der Waals surface area contributed by atoms with E-state index in [1.54, 1.807) is 0 Å². The zero-order valence-electron chi connectivity index (χ0n) is 15.9. The number of nitrogens with zero attached hydrogens (tertiary/aromatic N) is 2. The Balaban J connectivity index is 1.99. The molecule has 0 fully saturated rings. The first-order valence-corrected chi connectivity index (χ1v) is 9.20. The molecule has 0 aliphatic rings. The highest BCUT2D eigenvalue weighted by Crippen LogP contribution is 2.32. The quantitative estimate of drug-likeness (QED) is 0.427. The van der Waals surface area contributed by atoms with E-state index in [1.807, 2.05) is 6.07 Å². The Morgan fingerprint density at radius 1 is 0.519 bits per heavy atom. The molecule has 0 N–H and O–H groups in total. The Morgan fingerprint density at radius 3 is 1.67 bits per heavy atom. The number of benzene rings is 3. The fourth-order valence-electron chi connectivity index (χ4n) is 3.38. The summed E-state index contributed by atoms with van der Waals surface area (Å²) in [6, 6.07) is 27.2. The molecular weight excluding hydrogens is 328 g/mol. The molecule has 2 nitrogen and oxygen atoms in total. The van der Waals surface area contributed by atoms with Crippen molar-refractivity contribution < 1.29 is 0 Å². The molecule has 1 heterocycles. The highest BCUT2D eigenvalue weighted by atomic mass is 14.9. The second kappa shape index (κ2) is 7.16. The van der Waals surface area contributed by atoms with Gasteiger partial charge in [-0.25, -0.2) is 9.97 Å². The average Bonchev–Trinajstić information content (AvgIpc) is 2.69. The summed E-state index contributed by atoms with van der Waals surface area (Å²) < 4.78 is 0. The molecule has 0 saturated carbocycles. The van der Waals surface area contributed by atoms with Gasteiger partial charge in [-0.3, -0.25) is 0 Å². The van der Waals surface area contributed by atoms with Crippen LogP contribution in [0.1, 0.15) is 16.7 Å². The lowest BCUT2D eigenvalue weighted by atomic mass is 9.99. The Hall–Kier alpha value is -3.26. The van der Waals surface area contributed by atoms with Crippen LogP contribution in [0, 0.1) is 20.8 Å². The van der Waals surface area contributed by atoms with E-state index in [-0.39, 0.29) is 0 Å². The number of hydrogen-bond acceptors (Lipinski definition) is 2. The Bertz CT molecular complexity index is 1100. The number of hydrogen-bond donors (Lipinski definition) is 0. The molecule has 0 bridgehead atoms. The smallest absolute Gasteiger partial charge is 0.160 e. The predicted molar refractivity (Wildman–Crippen MR) is 113 cm³/mol. The van der Waals surface area contributed by atoms with Gasteiger partial charge >= 0.3 is 0 Å². The summed E-state index contributed by atoms with van der Waals surface area (Å²) in [7, 11) is 0. The van der Waals surface area contributed by atoms with Crippen molar-refractivity contribution in [2.45, 2.75) is 20.8 Å². The molecule has 4 rings (SSSR count). The molecule has 132 valence electrons. The SMILES string of the molecule is Cc1cccc(-c2nc(-c3ccccc3)c(C)c(-c3cccc(C)c3)n2)c1. The third kappa shape index (κ3) is 3.52. The molecule has 1 aromatic heterocycles. The topological polar surface area (TPSA) is 25.8 Å². The number of aromatic nitrogens is 2. The van der Waals surface area contributed by atoms with Crippen LogP contribution >= 0.6 is 0 Å². The summed E-state index contributed by atoms with van der Waals surface area (Å²) in [5.74, 6) is 0.764. The second-order valence-corrected chi connectivity index (χ2v) is 6.97. The minimum absolute atomic E-state index is 0.764. The van der Waals surface area contributed by atoms with Gasteiger partial charge in [-0.05, 0) is 32.9 Å². The lowest BCUT2D eigenvalue weighted by Crippen LogP contribution is -2.00. The number of rotatable bonds is 3. The number of aryl methyl sites for hydroxylation is 2. The molecule has 0 spiro atoms. The first kappa shape index (κ1) is 17.2. The molecular formula is C25H22N2.